The van der Waals surface area contributed by atoms with Gasteiger partial charge in [-0.1, -0.05) is 18.2 Å². The molecule has 2 aromatic carbocycles. The Morgan fingerprint density at radius 1 is 1.04 bits per heavy atom. The first-order valence-electron chi connectivity index (χ1n) is 7.45. The summed E-state index contributed by atoms with van der Waals surface area (Å²) in [5.41, 5.74) is 1.16. The Bertz CT molecular complexity index is 844. The van der Waals surface area contributed by atoms with Gasteiger partial charge in [0.25, 0.3) is 0 Å². The molecule has 0 aromatic heterocycles. The van der Waals surface area contributed by atoms with Gasteiger partial charge >= 0.3 is 0 Å². The quantitative estimate of drug-likeness (QED) is 0.907. The van der Waals surface area contributed by atoms with Crippen molar-refractivity contribution >= 4 is 23.2 Å². The lowest BCUT2D eigenvalue weighted by molar-refractivity contribution is -0.122. The monoisotopic (exact) mass is 323 g/mol. The van der Waals surface area contributed by atoms with Crippen LogP contribution in [0.15, 0.2) is 48.5 Å². The van der Waals surface area contributed by atoms with Crippen molar-refractivity contribution in [2.45, 2.75) is 6.42 Å². The van der Waals surface area contributed by atoms with E-state index < -0.39 is 17.7 Å². The van der Waals surface area contributed by atoms with Gasteiger partial charge < -0.3 is 10.6 Å². The largest absolute Gasteiger partial charge is 0.326 e. The number of benzene rings is 2. The van der Waals surface area contributed by atoms with Crippen molar-refractivity contribution in [3.63, 3.8) is 0 Å². The molecule has 1 aliphatic carbocycles. The molecule has 0 spiro atoms. The van der Waals surface area contributed by atoms with E-state index in [1.165, 1.54) is 18.2 Å². The molecule has 0 saturated heterocycles. The maximum absolute atomic E-state index is 13.1. The van der Waals surface area contributed by atoms with Gasteiger partial charge in [0, 0.05) is 5.69 Å². The van der Waals surface area contributed by atoms with Crippen LogP contribution in [0.5, 0.6) is 0 Å². The van der Waals surface area contributed by atoms with Crippen molar-refractivity contribution in [3.05, 3.63) is 59.9 Å². The van der Waals surface area contributed by atoms with Crippen LogP contribution in [0.3, 0.4) is 0 Å². The summed E-state index contributed by atoms with van der Waals surface area (Å²) in [6.45, 7) is 0. The van der Waals surface area contributed by atoms with Crippen LogP contribution in [-0.2, 0) is 9.59 Å². The molecule has 120 valence electrons. The number of halogens is 1. The zero-order valence-corrected chi connectivity index (χ0v) is 12.6. The molecule has 1 saturated carbocycles. The number of hydrogen-bond acceptors (Lipinski definition) is 3. The highest BCUT2D eigenvalue weighted by molar-refractivity contribution is 6.03. The van der Waals surface area contributed by atoms with E-state index in [-0.39, 0.29) is 11.8 Å². The molecule has 3 rings (SSSR count). The van der Waals surface area contributed by atoms with E-state index in [1.807, 2.05) is 6.07 Å². The van der Waals surface area contributed by atoms with Crippen molar-refractivity contribution in [2.24, 2.45) is 11.8 Å². The second-order valence-electron chi connectivity index (χ2n) is 5.59. The Morgan fingerprint density at radius 2 is 1.75 bits per heavy atom. The topological polar surface area (TPSA) is 82.0 Å². The maximum atomic E-state index is 13.1. The molecule has 0 radical (unpaired) electrons. The lowest BCUT2D eigenvalue weighted by Crippen LogP contribution is -2.21. The van der Waals surface area contributed by atoms with Crippen LogP contribution in [0.2, 0.25) is 0 Å². The van der Waals surface area contributed by atoms with E-state index in [9.17, 15) is 14.0 Å². The first-order valence-corrected chi connectivity index (χ1v) is 7.45. The van der Waals surface area contributed by atoms with E-state index in [2.05, 4.69) is 10.6 Å². The van der Waals surface area contributed by atoms with Crippen LogP contribution >= 0.6 is 0 Å². The minimum Gasteiger partial charge on any atom is -0.326 e. The van der Waals surface area contributed by atoms with Gasteiger partial charge in [0.15, 0.2) is 0 Å². The van der Waals surface area contributed by atoms with Gasteiger partial charge in [-0.2, -0.15) is 5.26 Å². The number of carbonyl (C=O) groups excluding carboxylic acids is 2. The molecule has 0 aliphatic heterocycles. The summed E-state index contributed by atoms with van der Waals surface area (Å²) in [7, 11) is 0. The molecule has 0 bridgehead atoms. The third kappa shape index (κ3) is 3.41. The summed E-state index contributed by atoms with van der Waals surface area (Å²) in [6.07, 6.45) is 0.432. The average Bonchev–Trinajstić information content (AvgIpc) is 3.36. The molecule has 6 heteroatoms. The summed E-state index contributed by atoms with van der Waals surface area (Å²) in [4.78, 5) is 24.3. The highest BCUT2D eigenvalue weighted by Gasteiger charge is 2.48. The molecule has 2 N–H and O–H groups in total. The number of amides is 2. The molecule has 2 amide bonds. The summed E-state index contributed by atoms with van der Waals surface area (Å²) < 4.78 is 13.1. The number of carbonyl (C=O) groups is 2. The van der Waals surface area contributed by atoms with Crippen LogP contribution < -0.4 is 10.6 Å². The first kappa shape index (κ1) is 15.7. The predicted octanol–water partition coefficient (Wildman–Crippen LogP) is 2.91. The van der Waals surface area contributed by atoms with Gasteiger partial charge in [-0.05, 0) is 36.8 Å². The highest BCUT2D eigenvalue weighted by atomic mass is 19.1. The minimum absolute atomic E-state index is 0.294. The maximum Gasteiger partial charge on any atom is 0.228 e. The van der Waals surface area contributed by atoms with Crippen LogP contribution in [0.1, 0.15) is 12.0 Å². The number of rotatable bonds is 4. The zero-order valence-electron chi connectivity index (χ0n) is 12.6. The fourth-order valence-corrected chi connectivity index (χ4v) is 2.49. The van der Waals surface area contributed by atoms with E-state index in [4.69, 9.17) is 5.26 Å². The van der Waals surface area contributed by atoms with Crippen molar-refractivity contribution in [1.82, 2.24) is 0 Å². The van der Waals surface area contributed by atoms with E-state index in [1.54, 1.807) is 30.3 Å². The van der Waals surface area contributed by atoms with Crippen molar-refractivity contribution in [3.8, 4) is 6.07 Å². The highest BCUT2D eigenvalue weighted by Crippen LogP contribution is 2.40. The molecule has 24 heavy (non-hydrogen) atoms. The fraction of sp³-hybridized carbons (Fsp3) is 0.167. The third-order valence-electron chi connectivity index (χ3n) is 3.86. The predicted molar refractivity (Wildman–Crippen MR) is 86.4 cm³/mol. The molecule has 2 atom stereocenters. The minimum atomic E-state index is -0.442. The van der Waals surface area contributed by atoms with Gasteiger partial charge in [0.2, 0.25) is 11.8 Å². The van der Waals surface area contributed by atoms with Gasteiger partial charge in [-0.15, -0.1) is 0 Å². The fourth-order valence-electron chi connectivity index (χ4n) is 2.49. The standard InChI is InChI=1S/C18H14FN3O2/c19-12-5-3-6-13(8-12)21-17(23)14-9-15(14)18(24)22-16-7-2-1-4-11(16)10-20/h1-8,14-15H,9H2,(H,21,23)(H,22,24). The smallest absolute Gasteiger partial charge is 0.228 e. The molecule has 5 nitrogen and oxygen atoms in total. The number of para-hydroxylation sites is 1. The van der Waals surface area contributed by atoms with Crippen molar-refractivity contribution in [2.75, 3.05) is 10.6 Å². The molecule has 2 unspecified atom stereocenters. The Morgan fingerprint density at radius 3 is 2.46 bits per heavy atom. The van der Waals surface area contributed by atoms with Gasteiger partial charge in [-0.3, -0.25) is 9.59 Å². The number of anilines is 2. The number of hydrogen-bond donors (Lipinski definition) is 2. The lowest BCUT2D eigenvalue weighted by atomic mass is 10.2. The van der Waals surface area contributed by atoms with E-state index in [0.717, 1.165) is 0 Å². The summed E-state index contributed by atoms with van der Waals surface area (Å²) >= 11 is 0. The SMILES string of the molecule is N#Cc1ccccc1NC(=O)C1CC1C(=O)Nc1cccc(F)c1. The summed E-state index contributed by atoms with van der Waals surface area (Å²) in [6, 6.07) is 14.3. The summed E-state index contributed by atoms with van der Waals surface area (Å²) in [5, 5.41) is 14.3. The third-order valence-corrected chi connectivity index (χ3v) is 3.86. The Hall–Kier alpha value is -3.20. The number of nitriles is 1. The second-order valence-corrected chi connectivity index (χ2v) is 5.59. The van der Waals surface area contributed by atoms with Crippen molar-refractivity contribution < 1.29 is 14.0 Å². The molecule has 0 heterocycles. The van der Waals surface area contributed by atoms with Gasteiger partial charge in [0.1, 0.15) is 11.9 Å². The molecule has 1 fully saturated rings. The molecule has 2 aromatic rings. The van der Waals surface area contributed by atoms with Crippen molar-refractivity contribution in [1.29, 1.82) is 5.26 Å². The van der Waals surface area contributed by atoms with Crippen LogP contribution in [0.25, 0.3) is 0 Å². The van der Waals surface area contributed by atoms with E-state index in [0.29, 0.717) is 23.4 Å². The molecular weight excluding hydrogens is 309 g/mol. The normalized spacial score (nSPS) is 18.3. The Balaban J connectivity index is 1.59. The van der Waals surface area contributed by atoms with Crippen LogP contribution in [0.4, 0.5) is 15.8 Å². The number of nitrogens with zero attached hydrogens (tertiary/aromatic N) is 1. The average molecular weight is 323 g/mol. The Kier molecular flexibility index (Phi) is 4.25. The molecular formula is C18H14FN3O2. The zero-order chi connectivity index (χ0) is 17.1. The first-order chi connectivity index (χ1) is 11.6. The Labute approximate surface area is 138 Å². The number of nitrogens with one attached hydrogen (secondary N) is 2. The van der Waals surface area contributed by atoms with E-state index >= 15 is 0 Å². The van der Waals surface area contributed by atoms with Crippen LogP contribution in [-0.4, -0.2) is 11.8 Å². The molecule has 1 aliphatic rings. The second kappa shape index (κ2) is 6.50. The van der Waals surface area contributed by atoms with Gasteiger partial charge in [0.05, 0.1) is 23.1 Å². The summed E-state index contributed by atoms with van der Waals surface area (Å²) in [5.74, 6) is -1.93. The van der Waals surface area contributed by atoms with Crippen LogP contribution in [0, 0.1) is 29.0 Å². The lowest BCUT2D eigenvalue weighted by Gasteiger charge is -2.07. The van der Waals surface area contributed by atoms with Gasteiger partial charge in [-0.25, -0.2) is 4.39 Å².